The van der Waals surface area contributed by atoms with Crippen LogP contribution >= 0.6 is 0 Å². The van der Waals surface area contributed by atoms with Gasteiger partial charge in [-0.15, -0.1) is 0 Å². The summed E-state index contributed by atoms with van der Waals surface area (Å²) in [5.41, 5.74) is -0.651. The van der Waals surface area contributed by atoms with E-state index in [1.54, 1.807) is 0 Å². The highest BCUT2D eigenvalue weighted by Crippen LogP contribution is 2.33. The Balaban J connectivity index is 1.96. The van der Waals surface area contributed by atoms with Gasteiger partial charge in [-0.2, -0.15) is 0 Å². The highest BCUT2D eigenvalue weighted by atomic mass is 32.2. The van der Waals surface area contributed by atoms with Crippen molar-refractivity contribution < 1.29 is 17.9 Å². The fourth-order valence-electron chi connectivity index (χ4n) is 3.13. The van der Waals surface area contributed by atoms with Crippen LogP contribution in [-0.2, 0) is 19.4 Å². The Kier molecular flexibility index (Phi) is 3.69. The zero-order valence-electron chi connectivity index (χ0n) is 10.9. The predicted molar refractivity (Wildman–Crippen MR) is 68.0 cm³/mol. The molecule has 2 aliphatic heterocycles. The van der Waals surface area contributed by atoms with E-state index in [9.17, 15) is 13.2 Å². The van der Waals surface area contributed by atoms with Crippen LogP contribution in [0.25, 0.3) is 0 Å². The molecule has 2 rings (SSSR count). The molecule has 0 amide bonds. The van der Waals surface area contributed by atoms with Crippen molar-refractivity contribution in [3.8, 4) is 0 Å². The van der Waals surface area contributed by atoms with Gasteiger partial charge in [-0.25, -0.2) is 8.42 Å². The van der Waals surface area contributed by atoms with Crippen molar-refractivity contribution in [3.63, 3.8) is 0 Å². The van der Waals surface area contributed by atoms with E-state index in [1.807, 2.05) is 6.92 Å². The Hall–Kier alpha value is -0.620. The number of ether oxygens (including phenoxy) is 1. The van der Waals surface area contributed by atoms with Crippen molar-refractivity contribution in [2.45, 2.75) is 43.4 Å². The number of esters is 1. The fourth-order valence-corrected chi connectivity index (χ4v) is 5.13. The largest absolute Gasteiger partial charge is 0.468 e. The van der Waals surface area contributed by atoms with Gasteiger partial charge in [0.25, 0.3) is 0 Å². The quantitative estimate of drug-likeness (QED) is 0.759. The number of methoxy groups -OCH3 is 1. The molecule has 0 bridgehead atoms. The van der Waals surface area contributed by atoms with Gasteiger partial charge in [0.05, 0.1) is 18.1 Å². The lowest BCUT2D eigenvalue weighted by Gasteiger charge is -2.21. The smallest absolute Gasteiger partial charge is 0.325 e. The number of rotatable bonds is 3. The molecule has 0 aromatic rings. The van der Waals surface area contributed by atoms with Crippen LogP contribution in [0.3, 0.4) is 0 Å². The molecule has 3 unspecified atom stereocenters. The molecule has 0 spiro atoms. The summed E-state index contributed by atoms with van der Waals surface area (Å²) in [6.45, 7) is 2.51. The first-order valence-electron chi connectivity index (χ1n) is 6.42. The van der Waals surface area contributed by atoms with Crippen LogP contribution in [-0.4, -0.2) is 44.6 Å². The van der Waals surface area contributed by atoms with Crippen LogP contribution in [0.1, 0.15) is 32.6 Å². The molecule has 2 aliphatic rings. The highest BCUT2D eigenvalue weighted by molar-refractivity contribution is 7.92. The maximum atomic E-state index is 11.8. The van der Waals surface area contributed by atoms with E-state index in [4.69, 9.17) is 4.74 Å². The molecule has 3 atom stereocenters. The van der Waals surface area contributed by atoms with Crippen molar-refractivity contribution in [2.24, 2.45) is 5.92 Å². The zero-order valence-corrected chi connectivity index (χ0v) is 11.8. The zero-order chi connectivity index (χ0) is 13.4. The van der Waals surface area contributed by atoms with Gasteiger partial charge >= 0.3 is 5.97 Å². The molecule has 18 heavy (non-hydrogen) atoms. The molecule has 2 heterocycles. The van der Waals surface area contributed by atoms with E-state index in [2.05, 4.69) is 5.32 Å². The van der Waals surface area contributed by atoms with Gasteiger partial charge < -0.3 is 10.1 Å². The second-order valence-electron chi connectivity index (χ2n) is 5.64. The number of carbonyl (C=O) groups is 1. The van der Waals surface area contributed by atoms with Gasteiger partial charge in [-0.1, -0.05) is 0 Å². The molecule has 5 nitrogen and oxygen atoms in total. The Labute approximate surface area is 108 Å². The highest BCUT2D eigenvalue weighted by Gasteiger charge is 2.44. The summed E-state index contributed by atoms with van der Waals surface area (Å²) in [5.74, 6) is 0.303. The summed E-state index contributed by atoms with van der Waals surface area (Å²) in [5, 5.41) is 2.96. The van der Waals surface area contributed by atoms with Gasteiger partial charge in [-0.05, 0) is 45.1 Å². The first kappa shape index (κ1) is 13.8. The third-order valence-corrected chi connectivity index (χ3v) is 6.47. The number of hydrogen-bond donors (Lipinski definition) is 1. The maximum Gasteiger partial charge on any atom is 0.325 e. The number of sulfone groups is 1. The second kappa shape index (κ2) is 4.81. The summed E-state index contributed by atoms with van der Waals surface area (Å²) in [6.07, 6.45) is 2.88. The van der Waals surface area contributed by atoms with Crippen LogP contribution in [0.2, 0.25) is 0 Å². The van der Waals surface area contributed by atoms with Crippen molar-refractivity contribution in [1.29, 1.82) is 0 Å². The molecule has 2 saturated heterocycles. The van der Waals surface area contributed by atoms with Crippen LogP contribution in [0.4, 0.5) is 0 Å². The molecule has 1 N–H and O–H groups in total. The monoisotopic (exact) mass is 275 g/mol. The molecule has 0 radical (unpaired) electrons. The van der Waals surface area contributed by atoms with Crippen molar-refractivity contribution in [3.05, 3.63) is 0 Å². The van der Waals surface area contributed by atoms with Gasteiger partial charge in [0.15, 0.2) is 9.84 Å². The first-order chi connectivity index (χ1) is 8.37. The van der Waals surface area contributed by atoms with Crippen LogP contribution in [0.5, 0.6) is 0 Å². The Morgan fingerprint density at radius 3 is 2.78 bits per heavy atom. The third kappa shape index (κ3) is 2.54. The van der Waals surface area contributed by atoms with E-state index in [0.29, 0.717) is 25.1 Å². The second-order valence-corrected chi connectivity index (χ2v) is 8.04. The van der Waals surface area contributed by atoms with Gasteiger partial charge in [0, 0.05) is 0 Å². The van der Waals surface area contributed by atoms with Crippen molar-refractivity contribution >= 4 is 15.8 Å². The number of carbonyl (C=O) groups excluding carboxylic acids is 1. The molecular weight excluding hydrogens is 254 g/mol. The van der Waals surface area contributed by atoms with E-state index < -0.39 is 15.4 Å². The van der Waals surface area contributed by atoms with Crippen LogP contribution in [0.15, 0.2) is 0 Å². The summed E-state index contributed by atoms with van der Waals surface area (Å²) < 4.78 is 28.4. The van der Waals surface area contributed by atoms with Crippen molar-refractivity contribution in [2.75, 3.05) is 19.4 Å². The molecule has 0 aromatic heterocycles. The Morgan fingerprint density at radius 2 is 2.22 bits per heavy atom. The normalized spacial score (nSPS) is 38.8. The lowest BCUT2D eigenvalue weighted by molar-refractivity contribution is -0.147. The van der Waals surface area contributed by atoms with E-state index in [1.165, 1.54) is 7.11 Å². The molecule has 0 aromatic carbocycles. The first-order valence-corrected chi connectivity index (χ1v) is 8.14. The summed E-state index contributed by atoms with van der Waals surface area (Å²) in [7, 11) is -1.50. The molecule has 0 saturated carbocycles. The van der Waals surface area contributed by atoms with E-state index >= 15 is 0 Å². The molecule has 2 fully saturated rings. The topological polar surface area (TPSA) is 72.5 Å². The standard InChI is InChI=1S/C12H21NO4S/c1-12(11(14)17-2)7-9(8-13-12)6-10-4-3-5-18(10,15)16/h9-10,13H,3-8H2,1-2H3. The van der Waals surface area contributed by atoms with Gasteiger partial charge in [0.2, 0.25) is 0 Å². The fraction of sp³-hybridized carbons (Fsp3) is 0.917. The van der Waals surface area contributed by atoms with E-state index in [0.717, 1.165) is 12.8 Å². The van der Waals surface area contributed by atoms with Gasteiger partial charge in [0.1, 0.15) is 5.54 Å². The molecule has 0 aliphatic carbocycles. The number of hydrogen-bond acceptors (Lipinski definition) is 5. The van der Waals surface area contributed by atoms with Crippen molar-refractivity contribution in [1.82, 2.24) is 5.32 Å². The predicted octanol–water partition coefficient (Wildman–Crippen LogP) is 0.495. The van der Waals surface area contributed by atoms with Gasteiger partial charge in [-0.3, -0.25) is 4.79 Å². The average Bonchev–Trinajstić information content (AvgIpc) is 2.84. The summed E-state index contributed by atoms with van der Waals surface area (Å²) in [4.78, 5) is 11.6. The average molecular weight is 275 g/mol. The molecule has 6 heteroatoms. The lowest BCUT2D eigenvalue weighted by atomic mass is 9.91. The lowest BCUT2D eigenvalue weighted by Crippen LogP contribution is -2.45. The van der Waals surface area contributed by atoms with Crippen LogP contribution < -0.4 is 5.32 Å². The summed E-state index contributed by atoms with van der Waals surface area (Å²) >= 11 is 0. The Bertz CT molecular complexity index is 433. The SMILES string of the molecule is COC(=O)C1(C)CC(CC2CCCS2(=O)=O)CN1. The minimum atomic E-state index is -2.88. The minimum absolute atomic E-state index is 0.204. The number of nitrogens with one attached hydrogen (secondary N) is 1. The summed E-state index contributed by atoms with van der Waals surface area (Å²) in [6, 6.07) is 0. The van der Waals surface area contributed by atoms with E-state index in [-0.39, 0.29) is 17.1 Å². The molecule has 104 valence electrons. The maximum absolute atomic E-state index is 11.8. The van der Waals surface area contributed by atoms with Crippen LogP contribution in [0, 0.1) is 5.92 Å². The third-order valence-electron chi connectivity index (χ3n) is 4.17. The minimum Gasteiger partial charge on any atom is -0.468 e. The Morgan fingerprint density at radius 1 is 1.50 bits per heavy atom. The molecular formula is C12H21NO4S.